The van der Waals surface area contributed by atoms with Gasteiger partial charge in [-0.05, 0) is 42.7 Å². The third kappa shape index (κ3) is 3.58. The van der Waals surface area contributed by atoms with Crippen LogP contribution in [0.15, 0.2) is 71.8 Å². The number of fused-ring (bicyclic) bond motifs is 11. The first kappa shape index (κ1) is 26.5. The molecule has 0 radical (unpaired) electrons. The predicted molar refractivity (Wildman–Crippen MR) is 188 cm³/mol. The summed E-state index contributed by atoms with van der Waals surface area (Å²) in [6.07, 6.45) is 10.7. The van der Waals surface area contributed by atoms with E-state index in [2.05, 4.69) is 24.3 Å². The van der Waals surface area contributed by atoms with Gasteiger partial charge in [0.1, 0.15) is 0 Å². The fraction of sp³-hybridized carbons (Fsp3) is 0.184. The molecule has 4 aliphatic carbocycles. The lowest BCUT2D eigenvalue weighted by Crippen LogP contribution is -2.27. The Morgan fingerprint density at radius 1 is 0.600 bits per heavy atom. The molecule has 3 nitrogen and oxygen atoms in total. The number of carbonyl (C=O) groups excluding carboxylic acids is 3. The summed E-state index contributed by atoms with van der Waals surface area (Å²) in [5.74, 6) is -0.177. The van der Waals surface area contributed by atoms with E-state index in [1.807, 2.05) is 70.4 Å². The summed E-state index contributed by atoms with van der Waals surface area (Å²) in [6.45, 7) is 0. The van der Waals surface area contributed by atoms with Crippen LogP contribution in [0.3, 0.4) is 0 Å². The van der Waals surface area contributed by atoms with Gasteiger partial charge in [-0.25, -0.2) is 0 Å². The zero-order valence-electron chi connectivity index (χ0n) is 24.0. The van der Waals surface area contributed by atoms with Crippen LogP contribution in [0, 0.1) is 0 Å². The van der Waals surface area contributed by atoms with Crippen LogP contribution in [-0.4, -0.2) is 17.3 Å². The van der Waals surface area contributed by atoms with Crippen molar-refractivity contribution >= 4 is 93.6 Å². The second-order valence-corrected chi connectivity index (χ2v) is 16.8. The van der Waals surface area contributed by atoms with Crippen LogP contribution in [0.4, 0.5) is 0 Å². The van der Waals surface area contributed by atoms with Gasteiger partial charge in [0.05, 0.1) is 24.7 Å². The normalized spacial score (nSPS) is 18.9. The van der Waals surface area contributed by atoms with Gasteiger partial charge >= 0.3 is 0 Å². The molecule has 0 unspecified atom stereocenters. The minimum Gasteiger partial charge on any atom is -0.289 e. The van der Waals surface area contributed by atoms with Gasteiger partial charge in [0.2, 0.25) is 0 Å². The van der Waals surface area contributed by atoms with Gasteiger partial charge in [0.15, 0.2) is 17.3 Å². The molecule has 1 fully saturated rings. The molecule has 4 aromatic heterocycles. The van der Waals surface area contributed by atoms with Gasteiger partial charge in [0.25, 0.3) is 0 Å². The molecule has 4 aliphatic rings. The quantitative estimate of drug-likeness (QED) is 0.138. The monoisotopic (exact) mass is 656 g/mol. The Kier molecular flexibility index (Phi) is 5.52. The molecule has 1 saturated carbocycles. The van der Waals surface area contributed by atoms with Crippen LogP contribution in [0.25, 0.3) is 40.7 Å². The van der Waals surface area contributed by atoms with Crippen molar-refractivity contribution in [1.82, 2.24) is 0 Å². The van der Waals surface area contributed by atoms with Gasteiger partial charge in [-0.2, -0.15) is 0 Å². The van der Waals surface area contributed by atoms with Crippen molar-refractivity contribution in [3.8, 4) is 9.75 Å². The Bertz CT molecular complexity index is 2360. The smallest absolute Gasteiger partial charge is 0.197 e. The molecule has 7 heteroatoms. The van der Waals surface area contributed by atoms with Crippen molar-refractivity contribution < 1.29 is 14.4 Å². The Balaban J connectivity index is 1.08. The SMILES string of the molecule is O=C1/C(=C\c2cc3sc4c(c3s2)C2(CCCCC2)c2c-4sc3cc(C=C4C(=O)c5ccccc5C4=O)sc23)Cc2ccccc21. The van der Waals surface area contributed by atoms with Crippen LogP contribution in [-0.2, 0) is 11.8 Å². The lowest BCUT2D eigenvalue weighted by Gasteiger charge is -2.35. The Morgan fingerprint density at radius 2 is 1.16 bits per heavy atom. The topological polar surface area (TPSA) is 51.2 Å². The average Bonchev–Trinajstić information content (AvgIpc) is 3.89. The molecule has 6 aromatic rings. The van der Waals surface area contributed by atoms with E-state index < -0.39 is 0 Å². The maximum Gasteiger partial charge on any atom is 0.197 e. The molecule has 0 aliphatic heterocycles. The van der Waals surface area contributed by atoms with E-state index in [0.29, 0.717) is 17.5 Å². The molecule has 45 heavy (non-hydrogen) atoms. The lowest BCUT2D eigenvalue weighted by molar-refractivity contribution is 0.0988. The van der Waals surface area contributed by atoms with E-state index in [0.717, 1.165) is 34.4 Å². The molecule has 4 heterocycles. The van der Waals surface area contributed by atoms with Crippen molar-refractivity contribution in [3.05, 3.63) is 115 Å². The minimum atomic E-state index is -0.169. The Labute approximate surface area is 275 Å². The second-order valence-electron chi connectivity index (χ2n) is 12.5. The van der Waals surface area contributed by atoms with Crippen molar-refractivity contribution in [3.63, 3.8) is 0 Å². The summed E-state index contributed by atoms with van der Waals surface area (Å²) in [7, 11) is 0. The first-order valence-electron chi connectivity index (χ1n) is 15.4. The van der Waals surface area contributed by atoms with Crippen LogP contribution < -0.4 is 0 Å². The number of carbonyl (C=O) groups is 3. The molecule has 218 valence electrons. The molecular formula is C38H24O3S4. The summed E-state index contributed by atoms with van der Waals surface area (Å²) < 4.78 is 5.30. The van der Waals surface area contributed by atoms with E-state index >= 15 is 0 Å². The highest BCUT2D eigenvalue weighted by Crippen LogP contribution is 2.66. The maximum absolute atomic E-state index is 13.1. The molecule has 0 bridgehead atoms. The van der Waals surface area contributed by atoms with Crippen molar-refractivity contribution in [2.75, 3.05) is 0 Å². The van der Waals surface area contributed by atoms with Crippen molar-refractivity contribution in [2.24, 2.45) is 0 Å². The van der Waals surface area contributed by atoms with Crippen LogP contribution in [0.1, 0.15) is 89.6 Å². The number of thiophene rings is 4. The number of rotatable bonds is 2. The molecule has 0 N–H and O–H groups in total. The van der Waals surface area contributed by atoms with E-state index in [4.69, 9.17) is 0 Å². The molecule has 1 spiro atoms. The largest absolute Gasteiger partial charge is 0.289 e. The van der Waals surface area contributed by atoms with Crippen LogP contribution in [0.5, 0.6) is 0 Å². The highest BCUT2D eigenvalue weighted by atomic mass is 32.1. The number of Topliss-reactive ketones (excluding diaryl/α,β-unsaturated/α-hetero) is 3. The lowest BCUT2D eigenvalue weighted by atomic mass is 9.68. The second kappa shape index (κ2) is 9.39. The summed E-state index contributed by atoms with van der Waals surface area (Å²) in [5.41, 5.74) is 7.16. The van der Waals surface area contributed by atoms with E-state index in [-0.39, 0.29) is 28.3 Å². The summed E-state index contributed by atoms with van der Waals surface area (Å²) >= 11 is 7.38. The fourth-order valence-electron chi connectivity index (χ4n) is 8.11. The third-order valence-corrected chi connectivity index (χ3v) is 15.0. The van der Waals surface area contributed by atoms with Crippen LogP contribution in [0.2, 0.25) is 0 Å². The van der Waals surface area contributed by atoms with E-state index in [9.17, 15) is 14.4 Å². The molecule has 0 saturated heterocycles. The summed E-state index contributed by atoms with van der Waals surface area (Å²) in [6, 6.07) is 19.6. The number of hydrogen-bond acceptors (Lipinski definition) is 7. The third-order valence-electron chi connectivity index (χ3n) is 10.1. The Hall–Kier alpha value is -3.75. The average molecular weight is 657 g/mol. The molecule has 2 aromatic carbocycles. The number of hydrogen-bond donors (Lipinski definition) is 0. The van der Waals surface area contributed by atoms with Crippen LogP contribution >= 0.6 is 45.3 Å². The summed E-state index contributed by atoms with van der Waals surface area (Å²) in [5, 5.41) is 0. The number of ketones is 3. The first-order chi connectivity index (χ1) is 22.0. The van der Waals surface area contributed by atoms with Crippen molar-refractivity contribution in [2.45, 2.75) is 43.9 Å². The van der Waals surface area contributed by atoms with E-state index in [1.165, 1.54) is 63.8 Å². The highest BCUT2D eigenvalue weighted by molar-refractivity contribution is 7.35. The van der Waals surface area contributed by atoms with Gasteiger partial charge < -0.3 is 0 Å². The van der Waals surface area contributed by atoms with Gasteiger partial charge in [-0.1, -0.05) is 67.8 Å². The van der Waals surface area contributed by atoms with Gasteiger partial charge in [-0.3, -0.25) is 14.4 Å². The first-order valence-corrected chi connectivity index (χ1v) is 18.6. The van der Waals surface area contributed by atoms with E-state index in [1.54, 1.807) is 23.5 Å². The van der Waals surface area contributed by atoms with Crippen molar-refractivity contribution in [1.29, 1.82) is 0 Å². The number of allylic oxidation sites excluding steroid dienone is 2. The Morgan fingerprint density at radius 3 is 1.76 bits per heavy atom. The minimum absolute atomic E-state index is 0.00139. The molecular weight excluding hydrogens is 633 g/mol. The van der Waals surface area contributed by atoms with Gasteiger partial charge in [0, 0.05) is 64.4 Å². The highest BCUT2D eigenvalue weighted by Gasteiger charge is 2.49. The maximum atomic E-state index is 13.1. The molecule has 0 amide bonds. The molecule has 0 atom stereocenters. The van der Waals surface area contributed by atoms with Gasteiger partial charge in [-0.15, -0.1) is 45.3 Å². The molecule has 10 rings (SSSR count). The zero-order chi connectivity index (χ0) is 30.0. The predicted octanol–water partition coefficient (Wildman–Crippen LogP) is 10.8. The number of benzene rings is 2. The summed E-state index contributed by atoms with van der Waals surface area (Å²) in [4.78, 5) is 44.4. The zero-order valence-corrected chi connectivity index (χ0v) is 27.3. The fourth-order valence-corrected chi connectivity index (χ4v) is 13.9. The standard InChI is InChI=1S/C38H24O3S4/c39-31-20(14-19-8-2-3-9-23(19)31)15-21-17-27-34(42-21)29-36(44-27)37-30(38(29)12-6-1-7-13-38)35-28(45-37)18-22(43-35)16-26-32(40)24-10-4-5-11-25(24)33(26)41/h2-5,8-11,15-18H,1,6-7,12-14H2/b20-15-.